The first-order chi connectivity index (χ1) is 8.77. The van der Waals surface area contributed by atoms with Gasteiger partial charge in [0.1, 0.15) is 6.10 Å². The Bertz CT molecular complexity index is 369. The number of aliphatic hydroxyl groups excluding tert-OH is 1. The van der Waals surface area contributed by atoms with E-state index in [1.165, 1.54) is 0 Å². The van der Waals surface area contributed by atoms with Crippen LogP contribution in [-0.4, -0.2) is 23.6 Å². The molecule has 2 unspecified atom stereocenters. The second-order valence-electron chi connectivity index (χ2n) is 4.81. The molecule has 1 N–H and O–H groups in total. The first-order valence-electron chi connectivity index (χ1n) is 6.64. The predicted octanol–water partition coefficient (Wildman–Crippen LogP) is 2.64. The highest BCUT2D eigenvalue weighted by atomic mass is 16.5. The van der Waals surface area contributed by atoms with Gasteiger partial charge in [-0.25, -0.2) is 0 Å². The highest BCUT2D eigenvalue weighted by Crippen LogP contribution is 2.20. The molecule has 1 aromatic rings. The van der Waals surface area contributed by atoms with Gasteiger partial charge in [0.15, 0.2) is 5.78 Å². The number of ether oxygens (including phenoxy) is 1. The lowest BCUT2D eigenvalue weighted by molar-refractivity contribution is -0.127. The normalized spacial score (nSPS) is 20.8. The van der Waals surface area contributed by atoms with Gasteiger partial charge >= 0.3 is 0 Å². The predicted molar refractivity (Wildman–Crippen MR) is 69.2 cm³/mol. The number of aliphatic hydroxyl groups is 1. The Morgan fingerprint density at radius 2 is 2.17 bits per heavy atom. The van der Waals surface area contributed by atoms with Gasteiger partial charge in [0, 0.05) is 13.0 Å². The van der Waals surface area contributed by atoms with Crippen molar-refractivity contribution in [1.82, 2.24) is 0 Å². The number of hydrogen-bond donors (Lipinski definition) is 1. The van der Waals surface area contributed by atoms with Gasteiger partial charge in [-0.15, -0.1) is 0 Å². The fraction of sp³-hybridized carbons (Fsp3) is 0.533. The maximum atomic E-state index is 11.8. The summed E-state index contributed by atoms with van der Waals surface area (Å²) < 4.78 is 5.51. The van der Waals surface area contributed by atoms with Crippen LogP contribution in [0.25, 0.3) is 0 Å². The molecule has 0 aliphatic carbocycles. The molecule has 3 heteroatoms. The van der Waals surface area contributed by atoms with Gasteiger partial charge in [-0.3, -0.25) is 4.79 Å². The average molecular weight is 248 g/mol. The number of carbonyl (C=O) groups is 1. The molecular formula is C15H20O3. The molecule has 1 aromatic carbocycles. The Morgan fingerprint density at radius 3 is 2.83 bits per heavy atom. The summed E-state index contributed by atoms with van der Waals surface area (Å²) in [7, 11) is 0. The summed E-state index contributed by atoms with van der Waals surface area (Å²) >= 11 is 0. The van der Waals surface area contributed by atoms with Gasteiger partial charge in [0.25, 0.3) is 0 Å². The van der Waals surface area contributed by atoms with Crippen LogP contribution in [0.3, 0.4) is 0 Å². The van der Waals surface area contributed by atoms with E-state index in [2.05, 4.69) is 0 Å². The third-order valence-electron chi connectivity index (χ3n) is 3.39. The molecular weight excluding hydrogens is 228 g/mol. The van der Waals surface area contributed by atoms with Crippen molar-refractivity contribution in [3.8, 4) is 0 Å². The largest absolute Gasteiger partial charge is 0.381 e. The Labute approximate surface area is 108 Å². The molecule has 1 aliphatic rings. The standard InChI is InChI=1S/C15H20O3/c16-14(10-4-8-13-9-5-11-18-13)15(17)12-6-2-1-3-7-12/h1-3,6-7,13,15,17H,4-5,8-11H2. The zero-order valence-electron chi connectivity index (χ0n) is 10.5. The minimum absolute atomic E-state index is 0.0980. The molecule has 3 nitrogen and oxygen atoms in total. The Kier molecular flexibility index (Phi) is 4.90. The minimum atomic E-state index is -0.976. The van der Waals surface area contributed by atoms with E-state index < -0.39 is 6.10 Å². The van der Waals surface area contributed by atoms with Crippen molar-refractivity contribution >= 4 is 5.78 Å². The molecule has 1 saturated heterocycles. The van der Waals surface area contributed by atoms with Crippen LogP contribution in [0, 0.1) is 0 Å². The van der Waals surface area contributed by atoms with Crippen LogP contribution < -0.4 is 0 Å². The molecule has 0 bridgehead atoms. The third kappa shape index (κ3) is 3.65. The number of hydrogen-bond acceptors (Lipinski definition) is 3. The van der Waals surface area contributed by atoms with E-state index in [1.807, 2.05) is 18.2 Å². The number of benzene rings is 1. The molecule has 0 amide bonds. The first-order valence-corrected chi connectivity index (χ1v) is 6.64. The summed E-state index contributed by atoms with van der Waals surface area (Å²) in [5.41, 5.74) is 0.680. The van der Waals surface area contributed by atoms with Crippen molar-refractivity contribution in [3.63, 3.8) is 0 Å². The zero-order chi connectivity index (χ0) is 12.8. The Morgan fingerprint density at radius 1 is 1.39 bits per heavy atom. The molecule has 0 spiro atoms. The van der Waals surface area contributed by atoms with Crippen LogP contribution in [0.1, 0.15) is 43.8 Å². The van der Waals surface area contributed by atoms with Crippen molar-refractivity contribution in [2.24, 2.45) is 0 Å². The topological polar surface area (TPSA) is 46.5 Å². The minimum Gasteiger partial charge on any atom is -0.381 e. The number of rotatable bonds is 6. The third-order valence-corrected chi connectivity index (χ3v) is 3.39. The van der Waals surface area contributed by atoms with Crippen LogP contribution in [0.5, 0.6) is 0 Å². The molecule has 18 heavy (non-hydrogen) atoms. The van der Waals surface area contributed by atoms with Gasteiger partial charge in [0.05, 0.1) is 6.10 Å². The van der Waals surface area contributed by atoms with Crippen molar-refractivity contribution < 1.29 is 14.6 Å². The summed E-state index contributed by atoms with van der Waals surface area (Å²) in [6.45, 7) is 0.852. The zero-order valence-corrected chi connectivity index (χ0v) is 10.5. The Balaban J connectivity index is 1.74. The van der Waals surface area contributed by atoms with E-state index in [4.69, 9.17) is 4.74 Å². The fourth-order valence-electron chi connectivity index (χ4n) is 2.33. The summed E-state index contributed by atoms with van der Waals surface area (Å²) in [5.74, 6) is -0.0980. The second kappa shape index (κ2) is 6.66. The smallest absolute Gasteiger partial charge is 0.165 e. The molecule has 98 valence electrons. The lowest BCUT2D eigenvalue weighted by Gasteiger charge is -2.11. The van der Waals surface area contributed by atoms with Gasteiger partial charge in [-0.1, -0.05) is 30.3 Å². The van der Waals surface area contributed by atoms with Crippen LogP contribution in [-0.2, 0) is 9.53 Å². The van der Waals surface area contributed by atoms with Gasteiger partial charge in [-0.05, 0) is 31.2 Å². The maximum absolute atomic E-state index is 11.8. The molecule has 0 aromatic heterocycles. The average Bonchev–Trinajstić information content (AvgIpc) is 2.92. The molecule has 1 heterocycles. The van der Waals surface area contributed by atoms with Gasteiger partial charge < -0.3 is 9.84 Å². The van der Waals surface area contributed by atoms with Crippen LogP contribution in [0.4, 0.5) is 0 Å². The molecule has 2 rings (SSSR count). The summed E-state index contributed by atoms with van der Waals surface area (Å²) in [4.78, 5) is 11.8. The quantitative estimate of drug-likeness (QED) is 0.841. The highest BCUT2D eigenvalue weighted by Gasteiger charge is 2.19. The van der Waals surface area contributed by atoms with Gasteiger partial charge in [-0.2, -0.15) is 0 Å². The van der Waals surface area contributed by atoms with E-state index in [-0.39, 0.29) is 5.78 Å². The lowest BCUT2D eigenvalue weighted by Crippen LogP contribution is -2.13. The Hall–Kier alpha value is -1.19. The van der Waals surface area contributed by atoms with Gasteiger partial charge in [0.2, 0.25) is 0 Å². The fourth-order valence-corrected chi connectivity index (χ4v) is 2.33. The number of Topliss-reactive ketones (excluding diaryl/α,β-unsaturated/α-hetero) is 1. The van der Waals surface area contributed by atoms with Crippen molar-refractivity contribution in [3.05, 3.63) is 35.9 Å². The molecule has 1 fully saturated rings. The highest BCUT2D eigenvalue weighted by molar-refractivity contribution is 5.84. The van der Waals surface area contributed by atoms with Crippen molar-refractivity contribution in [1.29, 1.82) is 0 Å². The van der Waals surface area contributed by atoms with E-state index in [0.717, 1.165) is 32.3 Å². The van der Waals surface area contributed by atoms with E-state index in [1.54, 1.807) is 12.1 Å². The van der Waals surface area contributed by atoms with Crippen LogP contribution in [0.15, 0.2) is 30.3 Å². The number of carbonyl (C=O) groups excluding carboxylic acids is 1. The monoisotopic (exact) mass is 248 g/mol. The SMILES string of the molecule is O=C(CCCC1CCCO1)C(O)c1ccccc1. The molecule has 2 atom stereocenters. The van der Waals surface area contributed by atoms with Crippen LogP contribution in [0.2, 0.25) is 0 Å². The van der Waals surface area contributed by atoms with Crippen molar-refractivity contribution in [2.75, 3.05) is 6.61 Å². The molecule has 1 aliphatic heterocycles. The van der Waals surface area contributed by atoms with E-state index in [9.17, 15) is 9.90 Å². The first kappa shape index (κ1) is 13.2. The second-order valence-corrected chi connectivity index (χ2v) is 4.81. The maximum Gasteiger partial charge on any atom is 0.165 e. The number of ketones is 1. The summed E-state index contributed by atoms with van der Waals surface area (Å²) in [6.07, 6.45) is 3.74. The van der Waals surface area contributed by atoms with E-state index in [0.29, 0.717) is 18.1 Å². The van der Waals surface area contributed by atoms with E-state index >= 15 is 0 Å². The summed E-state index contributed by atoms with van der Waals surface area (Å²) in [6, 6.07) is 9.10. The summed E-state index contributed by atoms with van der Waals surface area (Å²) in [5, 5.41) is 9.90. The van der Waals surface area contributed by atoms with Crippen LogP contribution >= 0.6 is 0 Å². The molecule has 0 saturated carbocycles. The molecule has 0 radical (unpaired) electrons. The van der Waals surface area contributed by atoms with Crippen molar-refractivity contribution in [2.45, 2.75) is 44.3 Å². The lowest BCUT2D eigenvalue weighted by atomic mass is 10.0.